The number of carbonyl (C=O) groups excluding carboxylic acids is 1. The molecule has 31 heavy (non-hydrogen) atoms. The first-order valence-corrected chi connectivity index (χ1v) is 11.3. The number of nitrogens with zero attached hydrogens (tertiary/aromatic N) is 2. The molecule has 0 heterocycles. The quantitative estimate of drug-likeness (QED) is 0.553. The van der Waals surface area contributed by atoms with Crippen molar-refractivity contribution in [3.8, 4) is 5.75 Å². The molecule has 162 valence electrons. The lowest BCUT2D eigenvalue weighted by Gasteiger charge is -2.23. The number of para-hydroxylation sites is 1. The first-order chi connectivity index (χ1) is 14.7. The number of rotatable bonds is 7. The second-order valence-electron chi connectivity index (χ2n) is 7.27. The highest BCUT2D eigenvalue weighted by atomic mass is 32.2. The van der Waals surface area contributed by atoms with Crippen molar-refractivity contribution in [1.82, 2.24) is 0 Å². The van der Waals surface area contributed by atoms with Crippen molar-refractivity contribution >= 4 is 27.3 Å². The summed E-state index contributed by atoms with van der Waals surface area (Å²) in [6.07, 6.45) is -0.704. The lowest BCUT2D eigenvalue weighted by atomic mass is 10.2. The number of hydrogen-bond donors (Lipinski definition) is 0. The SMILES string of the molecule is Cc1ccc(S(=O)(=O)N(C)c2ccc(OC(C)C(=O)N(C)c3ccccc3)cc2)cc1. The van der Waals surface area contributed by atoms with Crippen LogP contribution >= 0.6 is 0 Å². The summed E-state index contributed by atoms with van der Waals surface area (Å²) in [6, 6.07) is 22.7. The molecule has 3 aromatic rings. The molecule has 0 radical (unpaired) electrons. The molecule has 0 fully saturated rings. The average Bonchev–Trinajstić information content (AvgIpc) is 2.79. The van der Waals surface area contributed by atoms with Crippen molar-refractivity contribution in [3.05, 3.63) is 84.4 Å². The summed E-state index contributed by atoms with van der Waals surface area (Å²) in [4.78, 5) is 14.4. The van der Waals surface area contributed by atoms with Gasteiger partial charge in [0.05, 0.1) is 10.6 Å². The van der Waals surface area contributed by atoms with Gasteiger partial charge in [-0.05, 0) is 62.4 Å². The zero-order valence-corrected chi connectivity index (χ0v) is 18.8. The van der Waals surface area contributed by atoms with Crippen LogP contribution < -0.4 is 13.9 Å². The Morgan fingerprint density at radius 1 is 0.839 bits per heavy atom. The Labute approximate surface area is 183 Å². The minimum atomic E-state index is -3.67. The van der Waals surface area contributed by atoms with E-state index < -0.39 is 16.1 Å². The Bertz CT molecular complexity index is 1130. The minimum Gasteiger partial charge on any atom is -0.481 e. The first kappa shape index (κ1) is 22.4. The van der Waals surface area contributed by atoms with Gasteiger partial charge in [0.25, 0.3) is 15.9 Å². The molecule has 0 spiro atoms. The fraction of sp³-hybridized carbons (Fsp3) is 0.208. The number of likely N-dealkylation sites (N-methyl/N-ethyl adjacent to an activating group) is 1. The van der Waals surface area contributed by atoms with Gasteiger partial charge in [-0.15, -0.1) is 0 Å². The third kappa shape index (κ3) is 5.06. The number of anilines is 2. The van der Waals surface area contributed by atoms with Crippen LogP contribution in [-0.4, -0.2) is 34.5 Å². The molecule has 1 unspecified atom stereocenters. The van der Waals surface area contributed by atoms with E-state index in [2.05, 4.69) is 0 Å². The molecule has 1 atom stereocenters. The average molecular weight is 439 g/mol. The molecule has 3 rings (SSSR count). The van der Waals surface area contributed by atoms with Crippen LogP contribution in [0.4, 0.5) is 11.4 Å². The van der Waals surface area contributed by atoms with Crippen LogP contribution in [0, 0.1) is 6.92 Å². The van der Waals surface area contributed by atoms with Crippen molar-refractivity contribution in [2.75, 3.05) is 23.3 Å². The van der Waals surface area contributed by atoms with E-state index >= 15 is 0 Å². The predicted octanol–water partition coefficient (Wildman–Crippen LogP) is 4.25. The van der Waals surface area contributed by atoms with E-state index in [0.717, 1.165) is 11.3 Å². The van der Waals surface area contributed by atoms with Crippen LogP contribution in [0.25, 0.3) is 0 Å². The molecule has 0 aliphatic rings. The fourth-order valence-electron chi connectivity index (χ4n) is 3.05. The number of aryl methyl sites for hydroxylation is 1. The Balaban J connectivity index is 1.69. The number of benzene rings is 3. The van der Waals surface area contributed by atoms with Gasteiger partial charge in [0.2, 0.25) is 0 Å². The normalized spacial score (nSPS) is 12.1. The second kappa shape index (κ2) is 9.22. The van der Waals surface area contributed by atoms with Crippen LogP contribution in [0.1, 0.15) is 12.5 Å². The van der Waals surface area contributed by atoms with Crippen LogP contribution in [0.5, 0.6) is 5.75 Å². The number of amides is 1. The third-order valence-corrected chi connectivity index (χ3v) is 6.81. The van der Waals surface area contributed by atoms with E-state index in [4.69, 9.17) is 4.74 Å². The molecule has 0 saturated heterocycles. The molecule has 0 bridgehead atoms. The zero-order chi connectivity index (χ0) is 22.6. The zero-order valence-electron chi connectivity index (χ0n) is 18.0. The molecule has 7 heteroatoms. The monoisotopic (exact) mass is 438 g/mol. The standard InChI is InChI=1S/C24H26N2O4S/c1-18-10-16-23(17-11-18)31(28,29)26(4)21-12-14-22(15-13-21)30-19(2)24(27)25(3)20-8-6-5-7-9-20/h5-17,19H,1-4H3. The lowest BCUT2D eigenvalue weighted by molar-refractivity contribution is -0.124. The van der Waals surface area contributed by atoms with Gasteiger partial charge in [-0.2, -0.15) is 0 Å². The summed E-state index contributed by atoms with van der Waals surface area (Å²) in [5.41, 5.74) is 2.26. The van der Waals surface area contributed by atoms with E-state index in [-0.39, 0.29) is 10.8 Å². The highest BCUT2D eigenvalue weighted by molar-refractivity contribution is 7.92. The van der Waals surface area contributed by atoms with Gasteiger partial charge in [0, 0.05) is 19.8 Å². The van der Waals surface area contributed by atoms with Gasteiger partial charge < -0.3 is 9.64 Å². The molecule has 0 N–H and O–H groups in total. The van der Waals surface area contributed by atoms with E-state index in [1.54, 1.807) is 67.4 Å². The van der Waals surface area contributed by atoms with Crippen molar-refractivity contribution in [3.63, 3.8) is 0 Å². The van der Waals surface area contributed by atoms with Crippen LogP contribution in [0.15, 0.2) is 83.8 Å². The van der Waals surface area contributed by atoms with Gasteiger partial charge in [-0.3, -0.25) is 9.10 Å². The maximum atomic E-state index is 12.9. The minimum absolute atomic E-state index is 0.186. The van der Waals surface area contributed by atoms with Crippen molar-refractivity contribution in [2.45, 2.75) is 24.8 Å². The largest absolute Gasteiger partial charge is 0.481 e. The fourth-order valence-corrected chi connectivity index (χ4v) is 4.24. The van der Waals surface area contributed by atoms with E-state index in [9.17, 15) is 13.2 Å². The summed E-state index contributed by atoms with van der Waals surface area (Å²) >= 11 is 0. The Kier molecular flexibility index (Phi) is 6.65. The Hall–Kier alpha value is -3.32. The number of hydrogen-bond acceptors (Lipinski definition) is 4. The molecule has 6 nitrogen and oxygen atoms in total. The smallest absolute Gasteiger partial charge is 0.267 e. The maximum absolute atomic E-state index is 12.9. The number of sulfonamides is 1. The maximum Gasteiger partial charge on any atom is 0.267 e. The molecular formula is C24H26N2O4S. The van der Waals surface area contributed by atoms with Gasteiger partial charge in [0.1, 0.15) is 5.75 Å². The molecule has 0 aromatic heterocycles. The molecule has 3 aromatic carbocycles. The summed E-state index contributed by atoms with van der Waals surface area (Å²) in [6.45, 7) is 3.59. The van der Waals surface area contributed by atoms with Gasteiger partial charge in [-0.25, -0.2) is 8.42 Å². The Morgan fingerprint density at radius 2 is 1.42 bits per heavy atom. The van der Waals surface area contributed by atoms with Gasteiger partial charge >= 0.3 is 0 Å². The van der Waals surface area contributed by atoms with Gasteiger partial charge in [-0.1, -0.05) is 35.9 Å². The third-order valence-electron chi connectivity index (χ3n) is 5.01. The number of ether oxygens (including phenoxy) is 1. The van der Waals surface area contributed by atoms with Crippen LogP contribution in [0.2, 0.25) is 0 Å². The van der Waals surface area contributed by atoms with Crippen LogP contribution in [-0.2, 0) is 14.8 Å². The van der Waals surface area contributed by atoms with Gasteiger partial charge in [0.15, 0.2) is 6.10 Å². The van der Waals surface area contributed by atoms with E-state index in [1.807, 2.05) is 37.3 Å². The summed E-state index contributed by atoms with van der Waals surface area (Å²) in [7, 11) is -0.462. The molecule has 0 aliphatic carbocycles. The lowest BCUT2D eigenvalue weighted by Crippen LogP contribution is -2.38. The molecular weight excluding hydrogens is 412 g/mol. The highest BCUT2D eigenvalue weighted by Gasteiger charge is 2.22. The summed E-state index contributed by atoms with van der Waals surface area (Å²) < 4.78 is 32.7. The predicted molar refractivity (Wildman–Crippen MR) is 123 cm³/mol. The Morgan fingerprint density at radius 3 is 2.00 bits per heavy atom. The van der Waals surface area contributed by atoms with E-state index in [1.165, 1.54) is 11.4 Å². The summed E-state index contributed by atoms with van der Waals surface area (Å²) in [5.74, 6) is 0.293. The van der Waals surface area contributed by atoms with Crippen LogP contribution in [0.3, 0.4) is 0 Å². The highest BCUT2D eigenvalue weighted by Crippen LogP contribution is 2.25. The topological polar surface area (TPSA) is 66.9 Å². The second-order valence-corrected chi connectivity index (χ2v) is 9.24. The molecule has 1 amide bonds. The molecule has 0 saturated carbocycles. The first-order valence-electron chi connectivity index (χ1n) is 9.85. The summed E-state index contributed by atoms with van der Waals surface area (Å²) in [5, 5.41) is 0. The number of carbonyl (C=O) groups is 1. The molecule has 0 aliphatic heterocycles. The van der Waals surface area contributed by atoms with Crippen molar-refractivity contribution < 1.29 is 17.9 Å². The van der Waals surface area contributed by atoms with E-state index in [0.29, 0.717) is 11.4 Å². The van der Waals surface area contributed by atoms with Crippen molar-refractivity contribution in [2.24, 2.45) is 0 Å². The van der Waals surface area contributed by atoms with Crippen molar-refractivity contribution in [1.29, 1.82) is 0 Å².